The van der Waals surface area contributed by atoms with Crippen LogP contribution < -0.4 is 11.1 Å². The lowest BCUT2D eigenvalue weighted by molar-refractivity contribution is -0.125. The van der Waals surface area contributed by atoms with Gasteiger partial charge in [0.05, 0.1) is 17.2 Å². The first-order chi connectivity index (χ1) is 8.99. The molecule has 1 aliphatic carbocycles. The SMILES string of the molecule is CC(C)(CNCc1ccn(C2CCCC2)n1)C(N)=O. The molecule has 0 radical (unpaired) electrons. The fraction of sp³-hybridized carbons (Fsp3) is 0.714. The second-order valence-electron chi connectivity index (χ2n) is 6.08. The van der Waals surface area contributed by atoms with E-state index in [1.807, 2.05) is 19.9 Å². The zero-order valence-corrected chi connectivity index (χ0v) is 11.9. The van der Waals surface area contributed by atoms with Gasteiger partial charge in [0.15, 0.2) is 0 Å². The van der Waals surface area contributed by atoms with Crippen LogP contribution in [-0.2, 0) is 11.3 Å². The first-order valence-electron chi connectivity index (χ1n) is 7.04. The Morgan fingerprint density at radius 1 is 1.53 bits per heavy atom. The number of amides is 1. The molecule has 106 valence electrons. The predicted molar refractivity (Wildman–Crippen MR) is 74.4 cm³/mol. The Balaban J connectivity index is 1.82. The van der Waals surface area contributed by atoms with Crippen LogP contribution in [0.1, 0.15) is 51.3 Å². The van der Waals surface area contributed by atoms with E-state index >= 15 is 0 Å². The summed E-state index contributed by atoms with van der Waals surface area (Å²) >= 11 is 0. The number of hydrogen-bond donors (Lipinski definition) is 2. The predicted octanol–water partition coefficient (Wildman–Crippen LogP) is 1.60. The lowest BCUT2D eigenvalue weighted by atomic mass is 9.93. The van der Waals surface area contributed by atoms with Crippen molar-refractivity contribution in [3.63, 3.8) is 0 Å². The lowest BCUT2D eigenvalue weighted by Crippen LogP contribution is -2.40. The number of carbonyl (C=O) groups is 1. The van der Waals surface area contributed by atoms with E-state index in [4.69, 9.17) is 5.73 Å². The van der Waals surface area contributed by atoms with Crippen molar-refractivity contribution in [3.8, 4) is 0 Å². The number of aromatic nitrogens is 2. The molecule has 3 N–H and O–H groups in total. The third kappa shape index (κ3) is 3.56. The van der Waals surface area contributed by atoms with Crippen LogP contribution in [0.25, 0.3) is 0 Å². The molecule has 1 aromatic heterocycles. The maximum absolute atomic E-state index is 11.2. The van der Waals surface area contributed by atoms with Gasteiger partial charge in [-0.15, -0.1) is 0 Å². The molecule has 0 aromatic carbocycles. The normalized spacial score (nSPS) is 16.9. The Bertz CT molecular complexity index is 432. The maximum atomic E-state index is 11.2. The van der Waals surface area contributed by atoms with E-state index in [2.05, 4.69) is 21.3 Å². The number of rotatable bonds is 6. The minimum absolute atomic E-state index is 0.281. The monoisotopic (exact) mass is 264 g/mol. The first kappa shape index (κ1) is 14.1. The van der Waals surface area contributed by atoms with Crippen LogP contribution >= 0.6 is 0 Å². The molecule has 0 spiro atoms. The van der Waals surface area contributed by atoms with Crippen LogP contribution in [0, 0.1) is 5.41 Å². The molecule has 1 aromatic rings. The maximum Gasteiger partial charge on any atom is 0.224 e. The quantitative estimate of drug-likeness (QED) is 0.819. The largest absolute Gasteiger partial charge is 0.369 e. The van der Waals surface area contributed by atoms with E-state index in [1.165, 1.54) is 25.7 Å². The highest BCUT2D eigenvalue weighted by Crippen LogP contribution is 2.28. The van der Waals surface area contributed by atoms with Gasteiger partial charge in [-0.1, -0.05) is 12.8 Å². The Kier molecular flexibility index (Phi) is 4.24. The third-order valence-electron chi connectivity index (χ3n) is 3.90. The summed E-state index contributed by atoms with van der Waals surface area (Å²) in [6.45, 7) is 4.94. The highest BCUT2D eigenvalue weighted by molar-refractivity contribution is 5.80. The lowest BCUT2D eigenvalue weighted by Gasteiger charge is -2.20. The molecule has 0 atom stereocenters. The smallest absolute Gasteiger partial charge is 0.224 e. The second kappa shape index (κ2) is 5.74. The number of primary amides is 1. The molecule has 1 saturated carbocycles. The standard InChI is InChI=1S/C14H24N4O/c1-14(2,13(15)19)10-16-9-11-7-8-18(17-11)12-5-3-4-6-12/h7-8,12,16H,3-6,9-10H2,1-2H3,(H2,15,19). The fourth-order valence-electron chi connectivity index (χ4n) is 2.43. The van der Waals surface area contributed by atoms with Crippen molar-refractivity contribution in [2.75, 3.05) is 6.54 Å². The van der Waals surface area contributed by atoms with E-state index < -0.39 is 5.41 Å². The molecule has 0 bridgehead atoms. The van der Waals surface area contributed by atoms with Crippen LogP contribution in [-0.4, -0.2) is 22.2 Å². The second-order valence-corrected chi connectivity index (χ2v) is 6.08. The number of nitrogens with zero attached hydrogens (tertiary/aromatic N) is 2. The minimum Gasteiger partial charge on any atom is -0.369 e. The van der Waals surface area contributed by atoms with E-state index in [-0.39, 0.29) is 5.91 Å². The van der Waals surface area contributed by atoms with Crippen molar-refractivity contribution in [3.05, 3.63) is 18.0 Å². The van der Waals surface area contributed by atoms with Crippen molar-refractivity contribution in [1.29, 1.82) is 0 Å². The van der Waals surface area contributed by atoms with Gasteiger partial charge in [-0.2, -0.15) is 5.10 Å². The van der Waals surface area contributed by atoms with Crippen molar-refractivity contribution < 1.29 is 4.79 Å². The third-order valence-corrected chi connectivity index (χ3v) is 3.90. The molecule has 0 saturated heterocycles. The highest BCUT2D eigenvalue weighted by Gasteiger charge is 2.24. The molecule has 1 aliphatic rings. The minimum atomic E-state index is -0.520. The molecule has 0 unspecified atom stereocenters. The van der Waals surface area contributed by atoms with E-state index in [0.717, 1.165) is 5.69 Å². The Hall–Kier alpha value is -1.36. The van der Waals surface area contributed by atoms with Crippen molar-refractivity contribution >= 4 is 5.91 Å². The molecule has 5 nitrogen and oxygen atoms in total. The summed E-state index contributed by atoms with van der Waals surface area (Å²) in [6.07, 6.45) is 7.16. The van der Waals surface area contributed by atoms with Crippen LogP contribution in [0.2, 0.25) is 0 Å². The van der Waals surface area contributed by atoms with E-state index in [0.29, 0.717) is 19.1 Å². The molecular formula is C14H24N4O. The summed E-state index contributed by atoms with van der Waals surface area (Å²) in [5, 5.41) is 7.85. The van der Waals surface area contributed by atoms with Gasteiger partial charge in [-0.25, -0.2) is 0 Å². The molecule has 2 rings (SSSR count). The van der Waals surface area contributed by atoms with Crippen molar-refractivity contribution in [2.45, 2.75) is 52.1 Å². The van der Waals surface area contributed by atoms with E-state index in [1.54, 1.807) is 0 Å². The zero-order chi connectivity index (χ0) is 13.9. The van der Waals surface area contributed by atoms with Crippen molar-refractivity contribution in [2.24, 2.45) is 11.1 Å². The van der Waals surface area contributed by atoms with Gasteiger partial charge in [0, 0.05) is 19.3 Å². The summed E-state index contributed by atoms with van der Waals surface area (Å²) in [4.78, 5) is 11.2. The summed E-state index contributed by atoms with van der Waals surface area (Å²) in [5.41, 5.74) is 5.84. The first-order valence-corrected chi connectivity index (χ1v) is 7.04. The number of hydrogen-bond acceptors (Lipinski definition) is 3. The highest BCUT2D eigenvalue weighted by atomic mass is 16.1. The summed E-state index contributed by atoms with van der Waals surface area (Å²) in [5.74, 6) is -0.281. The molecule has 19 heavy (non-hydrogen) atoms. The van der Waals surface area contributed by atoms with Crippen LogP contribution in [0.15, 0.2) is 12.3 Å². The van der Waals surface area contributed by atoms with Gasteiger partial charge in [0.2, 0.25) is 5.91 Å². The summed E-state index contributed by atoms with van der Waals surface area (Å²) in [7, 11) is 0. The van der Waals surface area contributed by atoms with Crippen LogP contribution in [0.3, 0.4) is 0 Å². The van der Waals surface area contributed by atoms with Gasteiger partial charge in [-0.3, -0.25) is 9.48 Å². The number of nitrogens with two attached hydrogens (primary N) is 1. The molecule has 0 aliphatic heterocycles. The summed E-state index contributed by atoms with van der Waals surface area (Å²) < 4.78 is 2.09. The van der Waals surface area contributed by atoms with Gasteiger partial charge in [0.1, 0.15) is 0 Å². The molecule has 5 heteroatoms. The zero-order valence-electron chi connectivity index (χ0n) is 11.9. The summed E-state index contributed by atoms with van der Waals surface area (Å²) in [6, 6.07) is 2.62. The van der Waals surface area contributed by atoms with Crippen LogP contribution in [0.4, 0.5) is 0 Å². The Labute approximate surface area is 114 Å². The van der Waals surface area contributed by atoms with Gasteiger partial charge in [0.25, 0.3) is 0 Å². The van der Waals surface area contributed by atoms with E-state index in [9.17, 15) is 4.79 Å². The molecule has 1 heterocycles. The van der Waals surface area contributed by atoms with Gasteiger partial charge < -0.3 is 11.1 Å². The average Bonchev–Trinajstić information content (AvgIpc) is 2.98. The number of nitrogens with one attached hydrogen (secondary N) is 1. The Morgan fingerprint density at radius 3 is 2.84 bits per heavy atom. The van der Waals surface area contributed by atoms with Crippen molar-refractivity contribution in [1.82, 2.24) is 15.1 Å². The molecule has 1 amide bonds. The van der Waals surface area contributed by atoms with Gasteiger partial charge in [-0.05, 0) is 32.8 Å². The van der Waals surface area contributed by atoms with Crippen LogP contribution in [0.5, 0.6) is 0 Å². The molecular weight excluding hydrogens is 240 g/mol. The fourth-order valence-corrected chi connectivity index (χ4v) is 2.43. The van der Waals surface area contributed by atoms with Gasteiger partial charge >= 0.3 is 0 Å². The number of carbonyl (C=O) groups excluding carboxylic acids is 1. The topological polar surface area (TPSA) is 72.9 Å². The molecule has 1 fully saturated rings. The Morgan fingerprint density at radius 2 is 2.21 bits per heavy atom. The average molecular weight is 264 g/mol.